The van der Waals surface area contributed by atoms with Gasteiger partial charge in [0, 0.05) is 55.7 Å². The topological polar surface area (TPSA) is 299 Å². The summed E-state index contributed by atoms with van der Waals surface area (Å²) in [5.41, 5.74) is -1.45. The fourth-order valence-corrected chi connectivity index (χ4v) is 7.51. The number of aliphatic hydroxyl groups excluding tert-OH is 2. The smallest absolute Gasteiger partial charge is 0.444 e. The van der Waals surface area contributed by atoms with Crippen LogP contribution in [0.5, 0.6) is 0 Å². The van der Waals surface area contributed by atoms with Gasteiger partial charge in [-0.05, 0) is 74.6 Å². The molecule has 3 saturated heterocycles. The van der Waals surface area contributed by atoms with Crippen LogP contribution in [0.1, 0.15) is 45.1 Å². The molecule has 21 nitrogen and oxygen atoms in total. The molecular formula is C49H62B2F2N6O15. The van der Waals surface area contributed by atoms with Crippen molar-refractivity contribution in [2.75, 3.05) is 75.5 Å². The molecule has 0 radical (unpaired) electrons. The molecule has 3 fully saturated rings. The molecule has 1 unspecified atom stereocenters. The minimum Gasteiger partial charge on any atom is -0.444 e. The number of rotatable bonds is 18. The van der Waals surface area contributed by atoms with Crippen molar-refractivity contribution in [3.05, 3.63) is 102 Å². The van der Waals surface area contributed by atoms with E-state index in [0.29, 0.717) is 17.9 Å². The first kappa shape index (κ1) is 58.3. The molecule has 5 amide bonds. The number of cyclic esters (lactones) is 2. The van der Waals surface area contributed by atoms with E-state index in [1.807, 2.05) is 42.6 Å². The lowest BCUT2D eigenvalue weighted by molar-refractivity contribution is -0.119. The van der Waals surface area contributed by atoms with Gasteiger partial charge in [0.05, 0.1) is 57.4 Å². The number of allylic oxidation sites excluding steroid dienone is 1. The molecule has 0 saturated carbocycles. The lowest BCUT2D eigenvalue weighted by atomic mass is 9.76. The first-order valence-electron chi connectivity index (χ1n) is 23.8. The lowest BCUT2D eigenvalue weighted by Gasteiger charge is -2.35. The van der Waals surface area contributed by atoms with Crippen molar-refractivity contribution < 1.29 is 82.0 Å². The summed E-state index contributed by atoms with van der Waals surface area (Å²) in [4.78, 5) is 64.9. The second kappa shape index (κ2) is 28.2. The summed E-state index contributed by atoms with van der Waals surface area (Å²) in [6, 6.07) is 17.3. The van der Waals surface area contributed by atoms with Gasteiger partial charge in [-0.2, -0.15) is 0 Å². The molecule has 0 bridgehead atoms. The Balaban J connectivity index is 0.000000234. The summed E-state index contributed by atoms with van der Waals surface area (Å²) in [7, 11) is -2.90. The van der Waals surface area contributed by atoms with E-state index < -0.39 is 68.6 Å². The zero-order chi connectivity index (χ0) is 53.8. The second-order valence-electron chi connectivity index (χ2n) is 17.9. The molecule has 0 spiro atoms. The Labute approximate surface area is 427 Å². The number of aliphatic hydroxyl groups is 4. The number of carbonyl (C=O) groups is 5. The number of ether oxygens (including phenoxy) is 2. The van der Waals surface area contributed by atoms with Gasteiger partial charge in [0.2, 0.25) is 17.7 Å². The summed E-state index contributed by atoms with van der Waals surface area (Å²) in [5, 5.41) is 63.7. The van der Waals surface area contributed by atoms with Gasteiger partial charge in [-0.1, -0.05) is 48.5 Å². The van der Waals surface area contributed by atoms with Gasteiger partial charge in [-0.25, -0.2) is 18.4 Å². The number of aliphatic imine (C=N–C) groups is 1. The first-order chi connectivity index (χ1) is 35.3. The van der Waals surface area contributed by atoms with Gasteiger partial charge in [0.25, 0.3) is 0 Å². The van der Waals surface area contributed by atoms with Gasteiger partial charge < -0.3 is 65.2 Å². The molecule has 4 heterocycles. The zero-order valence-electron chi connectivity index (χ0n) is 41.0. The van der Waals surface area contributed by atoms with E-state index in [1.165, 1.54) is 53.1 Å². The van der Waals surface area contributed by atoms with Crippen LogP contribution in [0.15, 0.2) is 90.0 Å². The molecule has 25 heteroatoms. The Morgan fingerprint density at radius 3 is 2.11 bits per heavy atom. The number of hydrogen-bond donors (Lipinski definition) is 9. The highest BCUT2D eigenvalue weighted by Gasteiger charge is 2.40. The molecule has 0 aliphatic carbocycles. The third kappa shape index (κ3) is 18.1. The SMILES string of the molecule is CC(=O)NC[C@H]1CN(c2ccc(B3OCC(O)(CCNC(=O)/C=C/c4ccccc4)CO3)c(F)c2)C(=O)O1.C[C@H]1CN(c2ccc(B(O)O)c(F)c2)C(=O)O1.O=C(/C=C/C1C=NCCC1)NCCC(O)(CO)CO. The minimum absolute atomic E-state index is 0.102. The van der Waals surface area contributed by atoms with Gasteiger partial charge in [-0.3, -0.25) is 29.2 Å². The molecule has 3 aromatic carbocycles. The van der Waals surface area contributed by atoms with Crippen LogP contribution >= 0.6 is 0 Å². The molecule has 9 N–H and O–H groups in total. The Morgan fingerprint density at radius 1 is 0.878 bits per heavy atom. The Bertz CT molecular complexity index is 2460. The average Bonchev–Trinajstić information content (AvgIpc) is 3.94. The maximum Gasteiger partial charge on any atom is 0.497 e. The summed E-state index contributed by atoms with van der Waals surface area (Å²) >= 11 is 0. The number of carbonyl (C=O) groups excluding carboxylic acids is 5. The highest BCUT2D eigenvalue weighted by Crippen LogP contribution is 2.25. The molecular weight excluding hydrogens is 972 g/mol. The minimum atomic E-state index is -1.87. The number of hydrogen-bond acceptors (Lipinski definition) is 16. The highest BCUT2D eigenvalue weighted by molar-refractivity contribution is 6.61. The van der Waals surface area contributed by atoms with E-state index in [4.69, 9.17) is 39.0 Å². The number of nitrogens with one attached hydrogen (secondary N) is 3. The molecule has 7 rings (SSSR count). The van der Waals surface area contributed by atoms with Crippen LogP contribution in [-0.4, -0.2) is 170 Å². The van der Waals surface area contributed by atoms with Crippen LogP contribution in [0.25, 0.3) is 6.08 Å². The summed E-state index contributed by atoms with van der Waals surface area (Å²) in [6.07, 6.45) is 8.60. The van der Waals surface area contributed by atoms with Gasteiger partial charge >= 0.3 is 26.4 Å². The first-order valence-corrected chi connectivity index (χ1v) is 23.8. The van der Waals surface area contributed by atoms with Gasteiger partial charge in [0.15, 0.2) is 0 Å². The summed E-state index contributed by atoms with van der Waals surface area (Å²) in [5.74, 6) is -1.99. The molecule has 4 aliphatic heterocycles. The van der Waals surface area contributed by atoms with Crippen LogP contribution < -0.4 is 36.7 Å². The van der Waals surface area contributed by atoms with Crippen molar-refractivity contribution in [3.63, 3.8) is 0 Å². The number of anilines is 2. The Hall–Kier alpha value is -6.57. The van der Waals surface area contributed by atoms with Crippen molar-refractivity contribution in [1.82, 2.24) is 16.0 Å². The van der Waals surface area contributed by atoms with Crippen LogP contribution in [0.4, 0.5) is 29.7 Å². The van der Waals surface area contributed by atoms with E-state index in [-0.39, 0.29) is 92.9 Å². The molecule has 0 aromatic heterocycles. The highest BCUT2D eigenvalue weighted by atomic mass is 19.1. The third-order valence-electron chi connectivity index (χ3n) is 11.8. The van der Waals surface area contributed by atoms with Crippen LogP contribution in [0.2, 0.25) is 0 Å². The van der Waals surface area contributed by atoms with Crippen molar-refractivity contribution >= 4 is 78.7 Å². The van der Waals surface area contributed by atoms with Crippen LogP contribution in [-0.2, 0) is 33.2 Å². The largest absolute Gasteiger partial charge is 0.497 e. The number of benzene rings is 3. The monoisotopic (exact) mass is 1030 g/mol. The quantitative estimate of drug-likeness (QED) is 0.0602. The standard InChI is InChI=1S/C26H29BFN3O7.C13H22N2O4.C10H11BFNO4/c1-18(32)30-14-21-15-31(25(34)38-21)20-8-9-22(23(28)13-20)27-36-16-26(35,17-37-27)11-12-29-24(33)10-7-19-5-3-2-4-6-19;16-9-13(19,10-17)5-7-15-12(18)4-3-11-2-1-6-14-8-11;1-6-5-13(10(14)17-6)7-2-3-8(11(15)16)9(12)4-7/h2-10,13,21,35H,11-12,14-17H2,1H3,(H,29,33)(H,30,32);3-4,8,11,16-17,19H,1-2,5-7,9-10H2,(H,15,18);2-4,6,15-16H,5H2,1H3/b10-7+;4-3+;/t21-;;6-/m0.0/s1. The van der Waals surface area contributed by atoms with E-state index in [1.54, 1.807) is 19.1 Å². The maximum atomic E-state index is 14.9. The van der Waals surface area contributed by atoms with E-state index >= 15 is 0 Å². The maximum absolute atomic E-state index is 14.9. The predicted molar refractivity (Wildman–Crippen MR) is 270 cm³/mol. The van der Waals surface area contributed by atoms with E-state index in [0.717, 1.165) is 31.0 Å². The van der Waals surface area contributed by atoms with Gasteiger partial charge in [-0.15, -0.1) is 0 Å². The van der Waals surface area contributed by atoms with E-state index in [9.17, 15) is 43.0 Å². The van der Waals surface area contributed by atoms with Crippen molar-refractivity contribution in [3.8, 4) is 0 Å². The Kier molecular flexibility index (Phi) is 22.2. The van der Waals surface area contributed by atoms with Crippen LogP contribution in [0.3, 0.4) is 0 Å². The molecule has 3 atom stereocenters. The van der Waals surface area contributed by atoms with Crippen molar-refractivity contribution in [1.29, 1.82) is 0 Å². The molecule has 4 aliphatic rings. The summed E-state index contributed by atoms with van der Waals surface area (Å²) < 4.78 is 49.7. The average molecular weight is 1030 g/mol. The van der Waals surface area contributed by atoms with Gasteiger partial charge in [0.1, 0.15) is 35.0 Å². The number of halogens is 2. The molecule has 74 heavy (non-hydrogen) atoms. The van der Waals surface area contributed by atoms with Crippen molar-refractivity contribution in [2.24, 2.45) is 10.9 Å². The molecule has 3 aromatic rings. The second-order valence-corrected chi connectivity index (χ2v) is 17.9. The molecule has 398 valence electrons. The predicted octanol–water partition coefficient (Wildman–Crippen LogP) is 0.0758. The lowest BCUT2D eigenvalue weighted by Crippen LogP contribution is -2.55. The Morgan fingerprint density at radius 2 is 1.51 bits per heavy atom. The van der Waals surface area contributed by atoms with Crippen molar-refractivity contribution in [2.45, 2.75) is 62.9 Å². The zero-order valence-corrected chi connectivity index (χ0v) is 41.0. The fraction of sp³-hybridized carbons (Fsp3) is 0.429. The fourth-order valence-electron chi connectivity index (χ4n) is 7.51. The third-order valence-corrected chi connectivity index (χ3v) is 11.8. The van der Waals surface area contributed by atoms with E-state index in [2.05, 4.69) is 20.9 Å². The van der Waals surface area contributed by atoms with Crippen LogP contribution in [0, 0.1) is 17.6 Å². The normalized spacial score (nSPS) is 19.3. The number of nitrogens with zero attached hydrogens (tertiary/aromatic N) is 3. The number of amides is 5. The summed E-state index contributed by atoms with van der Waals surface area (Å²) in [6.45, 7) is 3.73.